The quantitative estimate of drug-likeness (QED) is 0.755. The van der Waals surface area contributed by atoms with Crippen LogP contribution in [0.1, 0.15) is 11.1 Å². The molecule has 0 radical (unpaired) electrons. The normalized spacial score (nSPS) is 14.4. The lowest BCUT2D eigenvalue weighted by Gasteiger charge is -2.27. The van der Waals surface area contributed by atoms with E-state index in [2.05, 4.69) is 17.2 Å². The number of nitrogens with zero attached hydrogens (tertiary/aromatic N) is 1. The fourth-order valence-electron chi connectivity index (χ4n) is 1.95. The molecule has 20 heavy (non-hydrogen) atoms. The van der Waals surface area contributed by atoms with Gasteiger partial charge in [0.2, 0.25) is 0 Å². The molecule has 1 aromatic carbocycles. The van der Waals surface area contributed by atoms with Gasteiger partial charge < -0.3 is 20.7 Å². The van der Waals surface area contributed by atoms with E-state index in [1.165, 1.54) is 0 Å². The highest BCUT2D eigenvalue weighted by Gasteiger charge is 2.17. The number of hydrogen-bond donors (Lipinski definition) is 2. The van der Waals surface area contributed by atoms with Crippen molar-refractivity contribution < 1.29 is 9.53 Å². The number of hydrogen-bond acceptors (Lipinski definition) is 3. The maximum atomic E-state index is 12.1. The third-order valence-electron chi connectivity index (χ3n) is 3.11. The topological polar surface area (TPSA) is 67.6 Å². The Balaban J connectivity index is 2.09. The number of nitrogens with two attached hydrogens (primary N) is 1. The standard InChI is InChI=1S/C15H19N3O2/c1-12-4-5-13(3-2-6-16)11-14(12)17-15(19)18-7-9-20-10-8-18/h4-5,11H,6-10,16H2,1H3,(H,17,19). The van der Waals surface area contributed by atoms with E-state index in [1.807, 2.05) is 25.1 Å². The Hall–Kier alpha value is -2.03. The Morgan fingerprint density at radius 1 is 1.45 bits per heavy atom. The van der Waals surface area contributed by atoms with Crippen molar-refractivity contribution in [2.24, 2.45) is 5.73 Å². The van der Waals surface area contributed by atoms with Gasteiger partial charge in [0.25, 0.3) is 0 Å². The Bertz CT molecular complexity index is 540. The SMILES string of the molecule is Cc1ccc(C#CCN)cc1NC(=O)N1CCOCC1. The first-order valence-corrected chi connectivity index (χ1v) is 6.64. The summed E-state index contributed by atoms with van der Waals surface area (Å²) in [6, 6.07) is 5.63. The van der Waals surface area contributed by atoms with Gasteiger partial charge in [0.15, 0.2) is 0 Å². The second-order valence-electron chi connectivity index (χ2n) is 4.57. The molecule has 0 aliphatic carbocycles. The van der Waals surface area contributed by atoms with Crippen LogP contribution in [0.3, 0.4) is 0 Å². The van der Waals surface area contributed by atoms with Gasteiger partial charge in [-0.15, -0.1) is 0 Å². The minimum atomic E-state index is -0.0969. The highest BCUT2D eigenvalue weighted by molar-refractivity contribution is 5.90. The molecule has 0 saturated carbocycles. The monoisotopic (exact) mass is 273 g/mol. The number of rotatable bonds is 1. The van der Waals surface area contributed by atoms with Crippen molar-refractivity contribution in [2.45, 2.75) is 6.92 Å². The third kappa shape index (κ3) is 3.73. The smallest absolute Gasteiger partial charge is 0.322 e. The van der Waals surface area contributed by atoms with Crippen molar-refractivity contribution in [3.63, 3.8) is 0 Å². The average Bonchev–Trinajstić information content (AvgIpc) is 2.49. The van der Waals surface area contributed by atoms with E-state index in [0.29, 0.717) is 32.8 Å². The van der Waals surface area contributed by atoms with Gasteiger partial charge in [0.1, 0.15) is 0 Å². The maximum Gasteiger partial charge on any atom is 0.322 e. The van der Waals surface area contributed by atoms with Gasteiger partial charge in [-0.2, -0.15) is 0 Å². The molecule has 1 aliphatic heterocycles. The largest absolute Gasteiger partial charge is 0.378 e. The van der Waals surface area contributed by atoms with Crippen molar-refractivity contribution in [2.75, 3.05) is 38.2 Å². The number of urea groups is 1. The minimum Gasteiger partial charge on any atom is -0.378 e. The van der Waals surface area contributed by atoms with E-state index in [0.717, 1.165) is 16.8 Å². The zero-order valence-electron chi connectivity index (χ0n) is 11.6. The average molecular weight is 273 g/mol. The summed E-state index contributed by atoms with van der Waals surface area (Å²) in [6.07, 6.45) is 0. The molecule has 1 aromatic rings. The summed E-state index contributed by atoms with van der Waals surface area (Å²) in [6.45, 7) is 4.70. The van der Waals surface area contributed by atoms with Gasteiger partial charge >= 0.3 is 6.03 Å². The fourth-order valence-corrected chi connectivity index (χ4v) is 1.95. The van der Waals surface area contributed by atoms with E-state index in [-0.39, 0.29) is 6.03 Å². The number of carbonyl (C=O) groups excluding carboxylic acids is 1. The number of aryl methyl sites for hydroxylation is 1. The summed E-state index contributed by atoms with van der Waals surface area (Å²) >= 11 is 0. The van der Waals surface area contributed by atoms with Gasteiger partial charge in [-0.1, -0.05) is 17.9 Å². The summed E-state index contributed by atoms with van der Waals surface area (Å²) in [7, 11) is 0. The number of ether oxygens (including phenoxy) is 1. The van der Waals surface area contributed by atoms with Crippen LogP contribution < -0.4 is 11.1 Å². The molecule has 2 rings (SSSR count). The Kier molecular flexibility index (Phi) is 4.99. The minimum absolute atomic E-state index is 0.0969. The molecule has 1 saturated heterocycles. The molecule has 0 unspecified atom stereocenters. The number of anilines is 1. The van der Waals surface area contributed by atoms with Gasteiger partial charge in [-0.05, 0) is 24.6 Å². The van der Waals surface area contributed by atoms with E-state index in [4.69, 9.17) is 10.5 Å². The molecule has 0 aromatic heterocycles. The van der Waals surface area contributed by atoms with Crippen LogP contribution in [0.15, 0.2) is 18.2 Å². The van der Waals surface area contributed by atoms with Crippen molar-refractivity contribution in [3.8, 4) is 11.8 Å². The highest BCUT2D eigenvalue weighted by Crippen LogP contribution is 2.17. The summed E-state index contributed by atoms with van der Waals surface area (Å²) < 4.78 is 5.24. The Morgan fingerprint density at radius 3 is 2.90 bits per heavy atom. The summed E-state index contributed by atoms with van der Waals surface area (Å²) in [5, 5.41) is 2.93. The van der Waals surface area contributed by atoms with Crippen LogP contribution in [0.5, 0.6) is 0 Å². The summed E-state index contributed by atoms with van der Waals surface area (Å²) in [5.41, 5.74) is 7.99. The molecule has 5 heteroatoms. The van der Waals surface area contributed by atoms with Crippen LogP contribution in [0, 0.1) is 18.8 Å². The molecule has 5 nitrogen and oxygen atoms in total. The van der Waals surface area contributed by atoms with Gasteiger partial charge in [-0.25, -0.2) is 4.79 Å². The maximum absolute atomic E-state index is 12.1. The molecule has 1 aliphatic rings. The van der Waals surface area contributed by atoms with Crippen LogP contribution in [0.25, 0.3) is 0 Å². The van der Waals surface area contributed by atoms with Crippen molar-refractivity contribution in [3.05, 3.63) is 29.3 Å². The number of morpholine rings is 1. The van der Waals surface area contributed by atoms with E-state index in [1.54, 1.807) is 4.90 Å². The zero-order chi connectivity index (χ0) is 14.4. The predicted molar refractivity (Wildman–Crippen MR) is 78.5 cm³/mol. The first kappa shape index (κ1) is 14.4. The predicted octanol–water partition coefficient (Wildman–Crippen LogP) is 1.17. The number of amides is 2. The first-order valence-electron chi connectivity index (χ1n) is 6.64. The first-order chi connectivity index (χ1) is 9.70. The Morgan fingerprint density at radius 2 is 2.20 bits per heavy atom. The van der Waals surface area contributed by atoms with Crippen LogP contribution in [0.2, 0.25) is 0 Å². The van der Waals surface area contributed by atoms with Gasteiger partial charge in [0.05, 0.1) is 19.8 Å². The van der Waals surface area contributed by atoms with Gasteiger partial charge in [0, 0.05) is 24.3 Å². The van der Waals surface area contributed by atoms with Crippen LogP contribution >= 0.6 is 0 Å². The summed E-state index contributed by atoms with van der Waals surface area (Å²) in [5.74, 6) is 5.77. The lowest BCUT2D eigenvalue weighted by Crippen LogP contribution is -2.43. The molecule has 0 bridgehead atoms. The molecular weight excluding hydrogens is 254 g/mol. The molecule has 2 amide bonds. The number of benzene rings is 1. The van der Waals surface area contributed by atoms with Crippen LogP contribution in [-0.2, 0) is 4.74 Å². The molecule has 106 valence electrons. The lowest BCUT2D eigenvalue weighted by molar-refractivity contribution is 0.0564. The van der Waals surface area contributed by atoms with Crippen LogP contribution in [0.4, 0.5) is 10.5 Å². The fraction of sp³-hybridized carbons (Fsp3) is 0.400. The van der Waals surface area contributed by atoms with Crippen molar-refractivity contribution in [1.29, 1.82) is 0 Å². The van der Waals surface area contributed by atoms with Crippen molar-refractivity contribution in [1.82, 2.24) is 4.90 Å². The molecular formula is C15H19N3O2. The molecule has 0 spiro atoms. The second-order valence-corrected chi connectivity index (χ2v) is 4.57. The van der Waals surface area contributed by atoms with Gasteiger partial charge in [-0.3, -0.25) is 0 Å². The Labute approximate surface area is 119 Å². The molecule has 1 fully saturated rings. The number of nitrogens with one attached hydrogen (secondary N) is 1. The van der Waals surface area contributed by atoms with E-state index in [9.17, 15) is 4.79 Å². The summed E-state index contributed by atoms with van der Waals surface area (Å²) in [4.78, 5) is 13.9. The number of carbonyl (C=O) groups is 1. The molecule has 3 N–H and O–H groups in total. The van der Waals surface area contributed by atoms with Crippen LogP contribution in [-0.4, -0.2) is 43.8 Å². The molecule has 1 heterocycles. The van der Waals surface area contributed by atoms with E-state index < -0.39 is 0 Å². The zero-order valence-corrected chi connectivity index (χ0v) is 11.6. The highest BCUT2D eigenvalue weighted by atomic mass is 16.5. The second kappa shape index (κ2) is 6.94. The van der Waals surface area contributed by atoms with Crippen molar-refractivity contribution >= 4 is 11.7 Å². The van der Waals surface area contributed by atoms with E-state index >= 15 is 0 Å². The third-order valence-corrected chi connectivity index (χ3v) is 3.11. The molecule has 0 atom stereocenters. The lowest BCUT2D eigenvalue weighted by atomic mass is 10.1.